The maximum absolute atomic E-state index is 12.5. The van der Waals surface area contributed by atoms with E-state index in [1.54, 1.807) is 12.3 Å². The molecule has 1 aliphatic rings. The van der Waals surface area contributed by atoms with Gasteiger partial charge in [0.05, 0.1) is 10.7 Å². The van der Waals surface area contributed by atoms with Crippen molar-refractivity contribution in [3.63, 3.8) is 0 Å². The van der Waals surface area contributed by atoms with Crippen molar-refractivity contribution in [1.29, 1.82) is 0 Å². The van der Waals surface area contributed by atoms with Crippen LogP contribution in [-0.2, 0) is 13.0 Å². The van der Waals surface area contributed by atoms with Crippen LogP contribution in [-0.4, -0.2) is 40.6 Å². The zero-order valence-corrected chi connectivity index (χ0v) is 16.0. The summed E-state index contributed by atoms with van der Waals surface area (Å²) in [5.74, 6) is -0.273. The molecule has 0 saturated carbocycles. The number of rotatable bonds is 5. The summed E-state index contributed by atoms with van der Waals surface area (Å²) >= 11 is 9.54. The van der Waals surface area contributed by atoms with Crippen molar-refractivity contribution in [2.24, 2.45) is 0 Å². The third kappa shape index (κ3) is 4.39. The van der Waals surface area contributed by atoms with Gasteiger partial charge in [-0.1, -0.05) is 17.7 Å². The second-order valence-electron chi connectivity index (χ2n) is 6.00. The third-order valence-electron chi connectivity index (χ3n) is 4.24. The van der Waals surface area contributed by atoms with Gasteiger partial charge in [0, 0.05) is 36.9 Å². The van der Waals surface area contributed by atoms with Crippen LogP contribution in [0.3, 0.4) is 0 Å². The van der Waals surface area contributed by atoms with Gasteiger partial charge in [-0.3, -0.25) is 14.7 Å². The first kappa shape index (κ1) is 18.3. The van der Waals surface area contributed by atoms with Crippen LogP contribution < -0.4 is 5.32 Å². The summed E-state index contributed by atoms with van der Waals surface area (Å²) in [6.07, 6.45) is 3.43. The summed E-state index contributed by atoms with van der Waals surface area (Å²) in [5.41, 5.74) is 3.23. The minimum absolute atomic E-state index is 0.207. The van der Waals surface area contributed by atoms with Crippen LogP contribution in [0.15, 0.2) is 34.9 Å². The molecule has 1 aliphatic heterocycles. The number of aromatic nitrogens is 1. The molecule has 25 heavy (non-hydrogen) atoms. The number of hydrogen-bond donors (Lipinski definition) is 2. The van der Waals surface area contributed by atoms with Crippen molar-refractivity contribution >= 4 is 39.1 Å². The number of amides is 1. The molecule has 132 valence electrons. The fraction of sp³-hybridized carbons (Fsp3) is 0.333. The maximum atomic E-state index is 12.5. The fourth-order valence-corrected chi connectivity index (χ4v) is 3.43. The smallest absolute Gasteiger partial charge is 0.274 e. The van der Waals surface area contributed by atoms with Gasteiger partial charge in [0.2, 0.25) is 0 Å². The maximum Gasteiger partial charge on any atom is 0.274 e. The zero-order valence-electron chi connectivity index (χ0n) is 13.6. The number of nitrogens with zero attached hydrogens (tertiary/aromatic N) is 2. The molecule has 1 aromatic heterocycles. The number of nitrogens with one attached hydrogen (secondary N) is 1. The van der Waals surface area contributed by atoms with Crippen molar-refractivity contribution < 1.29 is 9.90 Å². The highest BCUT2D eigenvalue weighted by Crippen LogP contribution is 2.30. The molecule has 1 aromatic carbocycles. The van der Waals surface area contributed by atoms with Crippen LogP contribution in [0.5, 0.6) is 0 Å². The molecule has 0 bridgehead atoms. The number of anilines is 1. The number of aliphatic hydroxyl groups excluding tert-OH is 1. The average Bonchev–Trinajstić information content (AvgIpc) is 2.63. The fourth-order valence-electron chi connectivity index (χ4n) is 2.90. The summed E-state index contributed by atoms with van der Waals surface area (Å²) in [7, 11) is 0. The Morgan fingerprint density at radius 2 is 2.24 bits per heavy atom. The Balaban J connectivity index is 1.72. The SMILES string of the molecule is O=C(Nc1cccc(Br)c1Cl)c1cc2c(cn1)CN(CCCO)CC2. The molecule has 2 heterocycles. The highest BCUT2D eigenvalue weighted by molar-refractivity contribution is 9.10. The van der Waals surface area contributed by atoms with Crippen LogP contribution >= 0.6 is 27.5 Å². The van der Waals surface area contributed by atoms with Gasteiger partial charge in [-0.15, -0.1) is 0 Å². The van der Waals surface area contributed by atoms with Crippen molar-refractivity contribution in [2.45, 2.75) is 19.4 Å². The predicted molar refractivity (Wildman–Crippen MR) is 102 cm³/mol. The largest absolute Gasteiger partial charge is 0.396 e. The van der Waals surface area contributed by atoms with E-state index < -0.39 is 0 Å². The van der Waals surface area contributed by atoms with Gasteiger partial charge in [-0.05, 0) is 58.1 Å². The first-order chi connectivity index (χ1) is 12.1. The van der Waals surface area contributed by atoms with Crippen molar-refractivity contribution in [3.8, 4) is 0 Å². The summed E-state index contributed by atoms with van der Waals surface area (Å²) in [6, 6.07) is 7.24. The molecular weight excluding hydrogens is 406 g/mol. The lowest BCUT2D eigenvalue weighted by Gasteiger charge is -2.28. The molecule has 0 aliphatic carbocycles. The topological polar surface area (TPSA) is 65.5 Å². The lowest BCUT2D eigenvalue weighted by atomic mass is 10.0. The molecule has 3 rings (SSSR count). The van der Waals surface area contributed by atoms with Gasteiger partial charge in [-0.2, -0.15) is 0 Å². The van der Waals surface area contributed by atoms with E-state index in [4.69, 9.17) is 16.7 Å². The number of pyridine rings is 1. The van der Waals surface area contributed by atoms with Crippen molar-refractivity contribution in [2.75, 3.05) is 25.0 Å². The molecular formula is C18H19BrClN3O2. The van der Waals surface area contributed by atoms with Crippen LogP contribution in [0.2, 0.25) is 5.02 Å². The molecule has 0 radical (unpaired) electrons. The molecule has 5 nitrogen and oxygen atoms in total. The molecule has 0 fully saturated rings. The van der Waals surface area contributed by atoms with Crippen LogP contribution in [0.25, 0.3) is 0 Å². The first-order valence-electron chi connectivity index (χ1n) is 8.15. The summed E-state index contributed by atoms with van der Waals surface area (Å²) in [5, 5.41) is 12.2. The normalized spacial score (nSPS) is 14.2. The number of aliphatic hydroxyl groups is 1. The van der Waals surface area contributed by atoms with Gasteiger partial charge >= 0.3 is 0 Å². The van der Waals surface area contributed by atoms with E-state index in [1.807, 2.05) is 18.2 Å². The Kier molecular flexibility index (Phi) is 6.06. The second kappa shape index (κ2) is 8.27. The Hall–Kier alpha value is -1.47. The van der Waals surface area contributed by atoms with Gasteiger partial charge in [-0.25, -0.2) is 0 Å². The highest BCUT2D eigenvalue weighted by Gasteiger charge is 2.19. The van der Waals surface area contributed by atoms with Gasteiger partial charge in [0.15, 0.2) is 0 Å². The van der Waals surface area contributed by atoms with Gasteiger partial charge < -0.3 is 10.4 Å². The Labute approximate surface area is 160 Å². The van der Waals surface area contributed by atoms with E-state index >= 15 is 0 Å². The molecule has 2 aromatic rings. The molecule has 0 unspecified atom stereocenters. The number of carbonyl (C=O) groups is 1. The molecule has 0 atom stereocenters. The standard InChI is InChI=1S/C18H19BrClN3O2/c19-14-3-1-4-15(17(14)20)22-18(25)16-9-12-5-7-23(6-2-8-24)11-13(12)10-21-16/h1,3-4,9-10,24H,2,5-8,11H2,(H,22,25). The monoisotopic (exact) mass is 423 g/mol. The predicted octanol–water partition coefficient (Wildman–Crippen LogP) is 3.49. The first-order valence-corrected chi connectivity index (χ1v) is 9.32. The minimum Gasteiger partial charge on any atom is -0.396 e. The van der Waals surface area contributed by atoms with E-state index in [0.29, 0.717) is 16.4 Å². The van der Waals surface area contributed by atoms with Crippen LogP contribution in [0.1, 0.15) is 28.0 Å². The van der Waals surface area contributed by atoms with E-state index in [0.717, 1.165) is 48.1 Å². The molecule has 2 N–H and O–H groups in total. The summed E-state index contributed by atoms with van der Waals surface area (Å²) < 4.78 is 0.730. The van der Waals surface area contributed by atoms with Crippen molar-refractivity contribution in [1.82, 2.24) is 9.88 Å². The van der Waals surface area contributed by atoms with Crippen LogP contribution in [0, 0.1) is 0 Å². The Morgan fingerprint density at radius 3 is 3.04 bits per heavy atom. The lowest BCUT2D eigenvalue weighted by molar-refractivity contribution is 0.102. The van der Waals surface area contributed by atoms with E-state index in [1.165, 1.54) is 0 Å². The minimum atomic E-state index is -0.273. The Bertz CT molecular complexity index is 785. The molecule has 1 amide bonds. The van der Waals surface area contributed by atoms with Crippen LogP contribution in [0.4, 0.5) is 5.69 Å². The quantitative estimate of drug-likeness (QED) is 0.771. The third-order valence-corrected chi connectivity index (χ3v) is 5.54. The molecule has 0 spiro atoms. The van der Waals surface area contributed by atoms with E-state index in [2.05, 4.69) is 31.1 Å². The number of halogens is 2. The second-order valence-corrected chi connectivity index (χ2v) is 7.23. The summed E-state index contributed by atoms with van der Waals surface area (Å²) in [4.78, 5) is 19.1. The van der Waals surface area contributed by atoms with E-state index in [-0.39, 0.29) is 12.5 Å². The number of hydrogen-bond acceptors (Lipinski definition) is 4. The zero-order chi connectivity index (χ0) is 17.8. The lowest BCUT2D eigenvalue weighted by Crippen LogP contribution is -2.32. The molecule has 0 saturated heterocycles. The number of benzene rings is 1. The molecule has 7 heteroatoms. The van der Waals surface area contributed by atoms with Gasteiger partial charge in [0.1, 0.15) is 5.69 Å². The Morgan fingerprint density at radius 1 is 1.40 bits per heavy atom. The number of fused-ring (bicyclic) bond motifs is 1. The van der Waals surface area contributed by atoms with E-state index in [9.17, 15) is 4.79 Å². The van der Waals surface area contributed by atoms with Gasteiger partial charge in [0.25, 0.3) is 5.91 Å². The average molecular weight is 425 g/mol. The summed E-state index contributed by atoms with van der Waals surface area (Å²) in [6.45, 7) is 2.82. The highest BCUT2D eigenvalue weighted by atomic mass is 79.9. The van der Waals surface area contributed by atoms with Crippen molar-refractivity contribution in [3.05, 3.63) is 56.8 Å². The number of carbonyl (C=O) groups excluding carboxylic acids is 1.